The zero-order valence-corrected chi connectivity index (χ0v) is 21.7. The third-order valence-corrected chi connectivity index (χ3v) is 6.29. The van der Waals surface area contributed by atoms with Gasteiger partial charge in [-0.15, -0.1) is 24.0 Å². The van der Waals surface area contributed by atoms with Crippen molar-refractivity contribution in [2.24, 2.45) is 12.0 Å². The molecule has 2 saturated heterocycles. The highest BCUT2D eigenvalue weighted by Crippen LogP contribution is 2.21. The van der Waals surface area contributed by atoms with Crippen LogP contribution in [0.2, 0.25) is 0 Å². The van der Waals surface area contributed by atoms with Crippen molar-refractivity contribution in [3.8, 4) is 0 Å². The lowest BCUT2D eigenvalue weighted by Gasteiger charge is -2.40. The molecule has 0 bridgehead atoms. The summed E-state index contributed by atoms with van der Waals surface area (Å²) in [6.07, 6.45) is 3.95. The van der Waals surface area contributed by atoms with Crippen molar-refractivity contribution in [3.63, 3.8) is 0 Å². The molecular formula is C23H36IN7O. The van der Waals surface area contributed by atoms with Crippen molar-refractivity contribution in [2.75, 3.05) is 64.4 Å². The second kappa shape index (κ2) is 11.9. The number of anilines is 1. The summed E-state index contributed by atoms with van der Waals surface area (Å²) in [5.41, 5.74) is 2.44. The Hall–Kier alpha value is -1.85. The van der Waals surface area contributed by atoms with Gasteiger partial charge >= 0.3 is 0 Å². The highest BCUT2D eigenvalue weighted by atomic mass is 127. The number of halogens is 1. The number of ether oxygens (including phenoxy) is 1. The number of aromatic nitrogens is 2. The molecule has 2 atom stereocenters. The average Bonchev–Trinajstić information content (AvgIpc) is 3.26. The summed E-state index contributed by atoms with van der Waals surface area (Å²) < 4.78 is 7.80. The standard InChI is InChI=1S/C23H35N7O.HI/c1-19(28-9-11-29(12-10-28)21-7-5-4-6-8-21)15-25-23(24-2)30-13-14-31-22(18-30)20-16-26-27(3)17-20;/h4-8,16-17,19,22H,9-15,18H2,1-3H3,(H,24,25);1H. The summed E-state index contributed by atoms with van der Waals surface area (Å²) >= 11 is 0. The smallest absolute Gasteiger partial charge is 0.193 e. The lowest BCUT2D eigenvalue weighted by atomic mass is 10.1. The van der Waals surface area contributed by atoms with Gasteiger partial charge in [0.15, 0.2) is 5.96 Å². The Morgan fingerprint density at radius 3 is 2.59 bits per heavy atom. The molecule has 8 nitrogen and oxygen atoms in total. The first-order chi connectivity index (χ1) is 15.1. The van der Waals surface area contributed by atoms with Crippen molar-refractivity contribution < 1.29 is 4.74 Å². The maximum Gasteiger partial charge on any atom is 0.193 e. The van der Waals surface area contributed by atoms with Crippen LogP contribution >= 0.6 is 24.0 Å². The van der Waals surface area contributed by atoms with Gasteiger partial charge in [0, 0.05) is 76.9 Å². The Kier molecular flexibility index (Phi) is 9.18. The van der Waals surface area contributed by atoms with E-state index in [0.29, 0.717) is 12.6 Å². The number of morpholine rings is 1. The van der Waals surface area contributed by atoms with Crippen LogP contribution in [-0.2, 0) is 11.8 Å². The van der Waals surface area contributed by atoms with Gasteiger partial charge in [-0.3, -0.25) is 14.6 Å². The van der Waals surface area contributed by atoms with Crippen LogP contribution in [0.1, 0.15) is 18.6 Å². The van der Waals surface area contributed by atoms with Crippen LogP contribution in [0.5, 0.6) is 0 Å². The van der Waals surface area contributed by atoms with E-state index in [1.54, 1.807) is 0 Å². The second-order valence-electron chi connectivity index (χ2n) is 8.39. The molecule has 176 valence electrons. The number of benzene rings is 1. The van der Waals surface area contributed by atoms with Gasteiger partial charge in [0.25, 0.3) is 0 Å². The topological polar surface area (TPSA) is 61.2 Å². The lowest BCUT2D eigenvalue weighted by molar-refractivity contribution is -0.00812. The first-order valence-corrected chi connectivity index (χ1v) is 11.2. The fourth-order valence-corrected chi connectivity index (χ4v) is 4.41. The normalized spacial score (nSPS) is 21.2. The Labute approximate surface area is 208 Å². The number of aliphatic imine (C=N–C) groups is 1. The molecular weight excluding hydrogens is 517 g/mol. The van der Waals surface area contributed by atoms with Crippen molar-refractivity contribution in [1.29, 1.82) is 0 Å². The number of nitrogens with one attached hydrogen (secondary N) is 1. The van der Waals surface area contributed by atoms with E-state index in [9.17, 15) is 0 Å². The summed E-state index contributed by atoms with van der Waals surface area (Å²) in [7, 11) is 3.80. The number of aryl methyl sites for hydroxylation is 1. The van der Waals surface area contributed by atoms with Crippen LogP contribution in [0.25, 0.3) is 0 Å². The van der Waals surface area contributed by atoms with E-state index in [0.717, 1.165) is 57.3 Å². The number of guanidine groups is 1. The molecule has 2 fully saturated rings. The highest BCUT2D eigenvalue weighted by Gasteiger charge is 2.26. The van der Waals surface area contributed by atoms with E-state index in [2.05, 4.69) is 67.4 Å². The molecule has 1 N–H and O–H groups in total. The van der Waals surface area contributed by atoms with Gasteiger partial charge in [0.05, 0.1) is 19.3 Å². The number of rotatable bonds is 5. The van der Waals surface area contributed by atoms with E-state index >= 15 is 0 Å². The van der Waals surface area contributed by atoms with Crippen LogP contribution in [0.15, 0.2) is 47.7 Å². The number of hydrogen-bond donors (Lipinski definition) is 1. The summed E-state index contributed by atoms with van der Waals surface area (Å²) in [6, 6.07) is 11.2. The second-order valence-corrected chi connectivity index (χ2v) is 8.39. The molecule has 9 heteroatoms. The zero-order valence-electron chi connectivity index (χ0n) is 19.4. The molecule has 32 heavy (non-hydrogen) atoms. The van der Waals surface area contributed by atoms with E-state index in [1.165, 1.54) is 5.69 Å². The van der Waals surface area contributed by atoms with Crippen molar-refractivity contribution in [3.05, 3.63) is 48.3 Å². The summed E-state index contributed by atoms with van der Waals surface area (Å²) in [6.45, 7) is 9.81. The molecule has 2 aromatic rings. The SMILES string of the molecule is CN=C(NCC(C)N1CCN(c2ccccc2)CC1)N1CCOC(c2cnn(C)c2)C1.I. The average molecular weight is 553 g/mol. The van der Waals surface area contributed by atoms with Gasteiger partial charge in [-0.1, -0.05) is 18.2 Å². The van der Waals surface area contributed by atoms with Crippen LogP contribution in [-0.4, -0.2) is 91.0 Å². The Bertz CT molecular complexity index is 851. The van der Waals surface area contributed by atoms with Crippen molar-refractivity contribution in [1.82, 2.24) is 24.9 Å². The van der Waals surface area contributed by atoms with Crippen LogP contribution in [0.4, 0.5) is 5.69 Å². The maximum absolute atomic E-state index is 5.98. The molecule has 0 amide bonds. The van der Waals surface area contributed by atoms with Crippen LogP contribution in [0, 0.1) is 0 Å². The number of nitrogens with zero attached hydrogens (tertiary/aromatic N) is 6. The predicted octanol–water partition coefficient (Wildman–Crippen LogP) is 2.20. The molecule has 0 radical (unpaired) electrons. The first kappa shape index (κ1) is 24.8. The molecule has 3 heterocycles. The molecule has 2 unspecified atom stereocenters. The zero-order chi connectivity index (χ0) is 21.6. The summed E-state index contributed by atoms with van der Waals surface area (Å²) in [5.74, 6) is 0.951. The highest BCUT2D eigenvalue weighted by molar-refractivity contribution is 14.0. The number of para-hydroxylation sites is 1. The number of hydrogen-bond acceptors (Lipinski definition) is 5. The maximum atomic E-state index is 5.98. The first-order valence-electron chi connectivity index (χ1n) is 11.2. The largest absolute Gasteiger partial charge is 0.370 e. The van der Waals surface area contributed by atoms with E-state index in [-0.39, 0.29) is 30.1 Å². The van der Waals surface area contributed by atoms with Gasteiger partial charge in [0.2, 0.25) is 0 Å². The van der Waals surface area contributed by atoms with Crippen molar-refractivity contribution in [2.45, 2.75) is 19.1 Å². The molecule has 0 aliphatic carbocycles. The molecule has 2 aliphatic heterocycles. The van der Waals surface area contributed by atoms with Gasteiger partial charge < -0.3 is 19.9 Å². The fourth-order valence-electron chi connectivity index (χ4n) is 4.41. The van der Waals surface area contributed by atoms with Crippen LogP contribution < -0.4 is 10.2 Å². The minimum absolute atomic E-state index is 0. The summed E-state index contributed by atoms with van der Waals surface area (Å²) in [4.78, 5) is 11.9. The Morgan fingerprint density at radius 1 is 1.19 bits per heavy atom. The summed E-state index contributed by atoms with van der Waals surface area (Å²) in [5, 5.41) is 7.88. The van der Waals surface area contributed by atoms with Crippen LogP contribution in [0.3, 0.4) is 0 Å². The molecule has 0 spiro atoms. The monoisotopic (exact) mass is 553 g/mol. The molecule has 1 aromatic heterocycles. The van der Waals surface area contributed by atoms with Gasteiger partial charge in [-0.05, 0) is 19.1 Å². The van der Waals surface area contributed by atoms with Crippen molar-refractivity contribution >= 4 is 35.6 Å². The minimum atomic E-state index is 0. The third-order valence-electron chi connectivity index (χ3n) is 6.29. The lowest BCUT2D eigenvalue weighted by Crippen LogP contribution is -2.54. The van der Waals surface area contributed by atoms with Gasteiger partial charge in [-0.2, -0.15) is 5.10 Å². The molecule has 0 saturated carbocycles. The predicted molar refractivity (Wildman–Crippen MR) is 140 cm³/mol. The third kappa shape index (κ3) is 6.14. The van der Waals surface area contributed by atoms with Gasteiger partial charge in [0.1, 0.15) is 6.10 Å². The number of piperazine rings is 1. The minimum Gasteiger partial charge on any atom is -0.370 e. The Morgan fingerprint density at radius 2 is 1.94 bits per heavy atom. The molecule has 4 rings (SSSR count). The van der Waals surface area contributed by atoms with E-state index in [4.69, 9.17) is 4.74 Å². The quantitative estimate of drug-likeness (QED) is 0.348. The van der Waals surface area contributed by atoms with E-state index < -0.39 is 0 Å². The molecule has 2 aliphatic rings. The molecule has 1 aromatic carbocycles. The fraction of sp³-hybridized carbons (Fsp3) is 0.565. The van der Waals surface area contributed by atoms with E-state index in [1.807, 2.05) is 31.2 Å². The van der Waals surface area contributed by atoms with Gasteiger partial charge in [-0.25, -0.2) is 0 Å². The Balaban J connectivity index is 0.00000289.